The zero-order valence-electron chi connectivity index (χ0n) is 19.4. The normalized spacial score (nSPS) is 11.4. The minimum Gasteiger partial charge on any atom is -0.480 e. The number of rotatable bonds is 11. The number of carboxylic acid groups (broad SMARTS) is 1. The zero-order chi connectivity index (χ0) is 23.8. The lowest BCUT2D eigenvalue weighted by molar-refractivity contribution is -0.162. The van der Waals surface area contributed by atoms with Gasteiger partial charge in [0.05, 0.1) is 0 Å². The molecule has 33 heavy (non-hydrogen) atoms. The molecule has 0 radical (unpaired) electrons. The van der Waals surface area contributed by atoms with Gasteiger partial charge >= 0.3 is 5.97 Å². The van der Waals surface area contributed by atoms with Gasteiger partial charge in [-0.05, 0) is 46.4 Å². The molecule has 0 aliphatic rings. The number of unbranched alkanes of at least 4 members (excludes halogenated alkanes) is 1. The van der Waals surface area contributed by atoms with Crippen LogP contribution in [0.25, 0.3) is 22.5 Å². The number of carbonyl (C=O) groups excluding carboxylic acids is 1. The third-order valence-electron chi connectivity index (χ3n) is 6.26. The Bertz CT molecular complexity index is 1060. The number of H-pyrrole nitrogens is 1. The maximum Gasteiger partial charge on any atom is 0.319 e. The van der Waals surface area contributed by atoms with Crippen LogP contribution in [0.5, 0.6) is 0 Å². The molecule has 8 nitrogen and oxygen atoms in total. The number of amides is 1. The molecule has 2 N–H and O–H groups in total. The Balaban J connectivity index is 1.86. The van der Waals surface area contributed by atoms with Crippen molar-refractivity contribution < 1.29 is 14.7 Å². The van der Waals surface area contributed by atoms with Crippen LogP contribution in [0.3, 0.4) is 0 Å². The van der Waals surface area contributed by atoms with E-state index in [0.717, 1.165) is 35.1 Å². The van der Waals surface area contributed by atoms with Crippen LogP contribution in [-0.4, -0.2) is 49.1 Å². The van der Waals surface area contributed by atoms with Crippen LogP contribution in [0.15, 0.2) is 48.5 Å². The van der Waals surface area contributed by atoms with Crippen LogP contribution >= 0.6 is 0 Å². The number of aromatic nitrogens is 4. The van der Waals surface area contributed by atoms with Crippen molar-refractivity contribution in [3.05, 3.63) is 54.1 Å². The molecule has 8 heteroatoms. The van der Waals surface area contributed by atoms with Crippen LogP contribution in [-0.2, 0) is 16.1 Å². The Hall–Kier alpha value is -3.55. The average molecular weight is 450 g/mol. The Labute approximate surface area is 194 Å². The molecule has 1 heterocycles. The summed E-state index contributed by atoms with van der Waals surface area (Å²) in [4.78, 5) is 27.1. The number of tetrazole rings is 1. The molecule has 0 aliphatic carbocycles. The highest BCUT2D eigenvalue weighted by Crippen LogP contribution is 2.32. The molecule has 174 valence electrons. The van der Waals surface area contributed by atoms with E-state index in [1.165, 1.54) is 0 Å². The Morgan fingerprint density at radius 1 is 1.00 bits per heavy atom. The van der Waals surface area contributed by atoms with E-state index in [4.69, 9.17) is 0 Å². The quantitative estimate of drug-likeness (QED) is 0.415. The topological polar surface area (TPSA) is 112 Å². The second-order valence-electron chi connectivity index (χ2n) is 8.17. The van der Waals surface area contributed by atoms with Crippen LogP contribution in [0.1, 0.15) is 52.0 Å². The number of carboxylic acids is 1. The predicted molar refractivity (Wildman–Crippen MR) is 126 cm³/mol. The summed E-state index contributed by atoms with van der Waals surface area (Å²) in [5.41, 5.74) is 2.46. The van der Waals surface area contributed by atoms with Crippen molar-refractivity contribution in [3.8, 4) is 22.5 Å². The second-order valence-corrected chi connectivity index (χ2v) is 8.17. The van der Waals surface area contributed by atoms with Crippen molar-refractivity contribution in [3.63, 3.8) is 0 Å². The van der Waals surface area contributed by atoms with Crippen LogP contribution in [0.2, 0.25) is 0 Å². The molecular formula is C25H31N5O3. The number of hydrogen-bond donors (Lipinski definition) is 2. The minimum absolute atomic E-state index is 0.270. The van der Waals surface area contributed by atoms with Gasteiger partial charge in [-0.3, -0.25) is 9.59 Å². The fourth-order valence-electron chi connectivity index (χ4n) is 4.08. The lowest BCUT2D eigenvalue weighted by atomic mass is 9.80. The summed E-state index contributed by atoms with van der Waals surface area (Å²) < 4.78 is 0. The SMILES string of the molecule is CCCCN(Cc1ccc(-c2ccccc2-c2nnn[nH]2)cc1)C(=O)C(CC)(CC)C(=O)O. The minimum atomic E-state index is -1.38. The highest BCUT2D eigenvalue weighted by atomic mass is 16.4. The van der Waals surface area contributed by atoms with Gasteiger partial charge in [0.1, 0.15) is 5.41 Å². The van der Waals surface area contributed by atoms with E-state index >= 15 is 0 Å². The fourth-order valence-corrected chi connectivity index (χ4v) is 4.08. The number of aromatic amines is 1. The smallest absolute Gasteiger partial charge is 0.319 e. The lowest BCUT2D eigenvalue weighted by Gasteiger charge is -2.33. The number of benzene rings is 2. The number of hydrogen-bond acceptors (Lipinski definition) is 5. The summed E-state index contributed by atoms with van der Waals surface area (Å²) in [6, 6.07) is 15.8. The van der Waals surface area contributed by atoms with Crippen molar-refractivity contribution in [2.75, 3.05) is 6.54 Å². The summed E-state index contributed by atoms with van der Waals surface area (Å²) in [5.74, 6) is -0.760. The van der Waals surface area contributed by atoms with Gasteiger partial charge in [-0.25, -0.2) is 5.10 Å². The van der Waals surface area contributed by atoms with Crippen molar-refractivity contribution in [1.82, 2.24) is 25.5 Å². The second kappa shape index (κ2) is 10.8. The standard InChI is InChI=1S/C25H31N5O3/c1-4-7-16-30(23(31)25(5-2,6-3)24(32)33)17-18-12-14-19(15-13-18)20-10-8-9-11-21(20)22-26-28-29-27-22/h8-15H,4-7,16-17H2,1-3H3,(H,32,33)(H,26,27,28,29). The molecule has 3 aromatic rings. The van der Waals surface area contributed by atoms with Gasteiger partial charge in [-0.2, -0.15) is 0 Å². The first-order valence-corrected chi connectivity index (χ1v) is 11.4. The van der Waals surface area contributed by atoms with E-state index < -0.39 is 11.4 Å². The molecule has 1 amide bonds. The van der Waals surface area contributed by atoms with Crippen molar-refractivity contribution in [2.45, 2.75) is 53.0 Å². The van der Waals surface area contributed by atoms with Crippen molar-refractivity contribution in [2.24, 2.45) is 5.41 Å². The van der Waals surface area contributed by atoms with Gasteiger partial charge in [0, 0.05) is 18.7 Å². The highest BCUT2D eigenvalue weighted by Gasteiger charge is 2.45. The Morgan fingerprint density at radius 2 is 1.67 bits per heavy atom. The van der Waals surface area contributed by atoms with Crippen molar-refractivity contribution in [1.29, 1.82) is 0 Å². The summed E-state index contributed by atoms with van der Waals surface area (Å²) in [5, 5.41) is 24.0. The molecule has 0 unspecified atom stereocenters. The number of nitrogens with zero attached hydrogens (tertiary/aromatic N) is 4. The van der Waals surface area contributed by atoms with Gasteiger partial charge in [-0.1, -0.05) is 75.7 Å². The molecule has 0 saturated carbocycles. The van der Waals surface area contributed by atoms with Crippen molar-refractivity contribution >= 4 is 11.9 Å². The summed E-state index contributed by atoms with van der Waals surface area (Å²) in [6.07, 6.45) is 2.29. The Morgan fingerprint density at radius 3 is 2.21 bits per heavy atom. The predicted octanol–water partition coefficient (Wildman–Crippen LogP) is 4.55. The number of aliphatic carboxylic acids is 1. The number of nitrogens with one attached hydrogen (secondary N) is 1. The van der Waals surface area contributed by atoms with E-state index in [0.29, 0.717) is 18.9 Å². The maximum atomic E-state index is 13.4. The van der Waals surface area contributed by atoms with Gasteiger partial charge in [0.25, 0.3) is 0 Å². The molecular weight excluding hydrogens is 418 g/mol. The van der Waals surface area contributed by atoms with Crippen LogP contribution < -0.4 is 0 Å². The van der Waals surface area contributed by atoms with Gasteiger partial charge < -0.3 is 10.0 Å². The molecule has 0 atom stereocenters. The summed E-state index contributed by atoms with van der Waals surface area (Å²) in [7, 11) is 0. The Kier molecular flexibility index (Phi) is 7.92. The fraction of sp³-hybridized carbons (Fsp3) is 0.400. The first kappa shape index (κ1) is 24.1. The van der Waals surface area contributed by atoms with Crippen LogP contribution in [0, 0.1) is 5.41 Å². The third kappa shape index (κ3) is 5.10. The van der Waals surface area contributed by atoms with Gasteiger partial charge in [-0.15, -0.1) is 5.10 Å². The summed E-state index contributed by atoms with van der Waals surface area (Å²) >= 11 is 0. The molecule has 3 rings (SSSR count). The number of carbonyl (C=O) groups is 2. The average Bonchev–Trinajstić information content (AvgIpc) is 3.38. The van der Waals surface area contributed by atoms with E-state index in [1.54, 1.807) is 18.7 Å². The largest absolute Gasteiger partial charge is 0.480 e. The zero-order valence-corrected chi connectivity index (χ0v) is 19.4. The molecule has 1 aromatic heterocycles. The molecule has 2 aromatic carbocycles. The highest BCUT2D eigenvalue weighted by molar-refractivity contribution is 6.01. The van der Waals surface area contributed by atoms with Gasteiger partial charge in [0.15, 0.2) is 5.82 Å². The monoisotopic (exact) mass is 449 g/mol. The molecule has 0 bridgehead atoms. The summed E-state index contributed by atoms with van der Waals surface area (Å²) in [6.45, 7) is 6.51. The lowest BCUT2D eigenvalue weighted by Crippen LogP contribution is -2.48. The van der Waals surface area contributed by atoms with Gasteiger partial charge in [0.2, 0.25) is 5.91 Å². The molecule has 0 spiro atoms. The van der Waals surface area contributed by atoms with E-state index in [-0.39, 0.29) is 18.7 Å². The van der Waals surface area contributed by atoms with Crippen LogP contribution in [0.4, 0.5) is 0 Å². The maximum absolute atomic E-state index is 13.4. The molecule has 0 saturated heterocycles. The third-order valence-corrected chi connectivity index (χ3v) is 6.26. The molecule has 0 fully saturated rings. The molecule has 0 aliphatic heterocycles. The first-order chi connectivity index (χ1) is 16.0. The van der Waals surface area contributed by atoms with E-state index in [9.17, 15) is 14.7 Å². The first-order valence-electron chi connectivity index (χ1n) is 11.4. The van der Waals surface area contributed by atoms with E-state index in [1.807, 2.05) is 48.5 Å². The van der Waals surface area contributed by atoms with E-state index in [2.05, 4.69) is 27.5 Å².